The number of nitrogens with one attached hydrogen (secondary N) is 1. The summed E-state index contributed by atoms with van der Waals surface area (Å²) in [5, 5.41) is 12.0. The SMILES string of the molecule is Cc1ccc(Nc2ccc(C(=O)N3CCC4(CC3)OCCO4)nn2)cc1Cl. The number of aromatic nitrogens is 2. The number of halogens is 1. The third kappa shape index (κ3) is 3.90. The van der Waals surface area contributed by atoms with Gasteiger partial charge in [-0.25, -0.2) is 0 Å². The maximum Gasteiger partial charge on any atom is 0.274 e. The van der Waals surface area contributed by atoms with Crippen LogP contribution < -0.4 is 5.32 Å². The van der Waals surface area contributed by atoms with Gasteiger partial charge >= 0.3 is 0 Å². The molecule has 8 heteroatoms. The molecule has 0 radical (unpaired) electrons. The smallest absolute Gasteiger partial charge is 0.274 e. The van der Waals surface area contributed by atoms with E-state index in [4.69, 9.17) is 21.1 Å². The van der Waals surface area contributed by atoms with Crippen molar-refractivity contribution < 1.29 is 14.3 Å². The third-order valence-electron chi connectivity index (χ3n) is 4.95. The van der Waals surface area contributed by atoms with Gasteiger partial charge < -0.3 is 19.7 Å². The molecule has 1 aromatic heterocycles. The minimum atomic E-state index is -0.494. The van der Waals surface area contributed by atoms with E-state index in [0.717, 1.165) is 11.3 Å². The van der Waals surface area contributed by atoms with Crippen LogP contribution in [0.2, 0.25) is 5.02 Å². The maximum atomic E-state index is 12.7. The zero-order valence-corrected chi connectivity index (χ0v) is 15.8. The predicted molar refractivity (Wildman–Crippen MR) is 101 cm³/mol. The van der Waals surface area contributed by atoms with Gasteiger partial charge in [-0.2, -0.15) is 0 Å². The number of carbonyl (C=O) groups is 1. The van der Waals surface area contributed by atoms with E-state index in [2.05, 4.69) is 15.5 Å². The third-order valence-corrected chi connectivity index (χ3v) is 5.36. The molecule has 0 bridgehead atoms. The zero-order valence-electron chi connectivity index (χ0n) is 15.1. The standard InChI is InChI=1S/C19H21ClN4O3/c1-13-2-3-14(12-15(13)20)21-17-5-4-16(22-23-17)18(25)24-8-6-19(7-9-24)26-10-11-27-19/h2-5,12H,6-11H2,1H3,(H,21,23). The number of carbonyl (C=O) groups excluding carboxylic acids is 1. The molecule has 0 unspecified atom stereocenters. The zero-order chi connectivity index (χ0) is 18.9. The van der Waals surface area contributed by atoms with Gasteiger partial charge in [0, 0.05) is 36.6 Å². The van der Waals surface area contributed by atoms with Gasteiger partial charge in [0.15, 0.2) is 17.3 Å². The molecule has 0 atom stereocenters. The Morgan fingerprint density at radius 1 is 1.15 bits per heavy atom. The Morgan fingerprint density at radius 3 is 2.52 bits per heavy atom. The molecule has 3 heterocycles. The van der Waals surface area contributed by atoms with Crippen LogP contribution >= 0.6 is 11.6 Å². The van der Waals surface area contributed by atoms with Crippen molar-refractivity contribution >= 4 is 29.0 Å². The molecular formula is C19H21ClN4O3. The minimum Gasteiger partial charge on any atom is -0.347 e. The van der Waals surface area contributed by atoms with Gasteiger partial charge in [0.25, 0.3) is 5.91 Å². The van der Waals surface area contributed by atoms with Gasteiger partial charge in [0.1, 0.15) is 0 Å². The minimum absolute atomic E-state index is 0.125. The fourth-order valence-corrected chi connectivity index (χ4v) is 3.51. The largest absolute Gasteiger partial charge is 0.347 e. The summed E-state index contributed by atoms with van der Waals surface area (Å²) in [4.78, 5) is 14.4. The topological polar surface area (TPSA) is 76.6 Å². The van der Waals surface area contributed by atoms with Gasteiger partial charge in [-0.05, 0) is 36.8 Å². The quantitative estimate of drug-likeness (QED) is 0.870. The van der Waals surface area contributed by atoms with Gasteiger partial charge in [0.05, 0.1) is 13.2 Å². The number of benzene rings is 1. The van der Waals surface area contributed by atoms with Crippen LogP contribution in [0.4, 0.5) is 11.5 Å². The van der Waals surface area contributed by atoms with Gasteiger partial charge in [-0.1, -0.05) is 17.7 Å². The van der Waals surface area contributed by atoms with Crippen LogP contribution in [0.3, 0.4) is 0 Å². The molecule has 1 aromatic carbocycles. The lowest BCUT2D eigenvalue weighted by Crippen LogP contribution is -2.47. The number of anilines is 2. The number of nitrogens with zero attached hydrogens (tertiary/aromatic N) is 3. The second-order valence-electron chi connectivity index (χ2n) is 6.79. The molecule has 2 aliphatic heterocycles. The normalized spacial score (nSPS) is 18.7. The molecule has 2 saturated heterocycles. The molecule has 1 spiro atoms. The highest BCUT2D eigenvalue weighted by molar-refractivity contribution is 6.31. The Bertz CT molecular complexity index is 827. The van der Waals surface area contributed by atoms with E-state index in [1.807, 2.05) is 25.1 Å². The predicted octanol–water partition coefficient (Wildman–Crippen LogP) is 3.16. The van der Waals surface area contributed by atoms with Gasteiger partial charge in [0.2, 0.25) is 0 Å². The molecule has 7 nitrogen and oxygen atoms in total. The molecular weight excluding hydrogens is 368 g/mol. The number of amides is 1. The maximum absolute atomic E-state index is 12.7. The van der Waals surface area contributed by atoms with Crippen LogP contribution in [-0.2, 0) is 9.47 Å². The van der Waals surface area contributed by atoms with E-state index >= 15 is 0 Å². The number of aryl methyl sites for hydroxylation is 1. The molecule has 0 aliphatic carbocycles. The average Bonchev–Trinajstić information content (AvgIpc) is 3.13. The highest BCUT2D eigenvalue weighted by atomic mass is 35.5. The first-order valence-corrected chi connectivity index (χ1v) is 9.37. The fourth-order valence-electron chi connectivity index (χ4n) is 3.33. The molecule has 0 saturated carbocycles. The summed E-state index contributed by atoms with van der Waals surface area (Å²) >= 11 is 6.13. The molecule has 4 rings (SSSR count). The summed E-state index contributed by atoms with van der Waals surface area (Å²) in [6, 6.07) is 9.09. The van der Waals surface area contributed by atoms with Crippen molar-refractivity contribution in [3.8, 4) is 0 Å². The number of rotatable bonds is 3. The Balaban J connectivity index is 1.38. The van der Waals surface area contributed by atoms with Crippen molar-refractivity contribution in [1.29, 1.82) is 0 Å². The summed E-state index contributed by atoms with van der Waals surface area (Å²) in [5.74, 6) is -0.0666. The monoisotopic (exact) mass is 388 g/mol. The summed E-state index contributed by atoms with van der Waals surface area (Å²) in [6.45, 7) is 4.37. The summed E-state index contributed by atoms with van der Waals surface area (Å²) in [6.07, 6.45) is 1.36. The Labute approximate surface area is 162 Å². The first-order valence-electron chi connectivity index (χ1n) is 8.99. The van der Waals surface area contributed by atoms with E-state index < -0.39 is 5.79 Å². The van der Waals surface area contributed by atoms with E-state index in [-0.39, 0.29) is 5.91 Å². The highest BCUT2D eigenvalue weighted by Gasteiger charge is 2.41. The van der Waals surface area contributed by atoms with Crippen LogP contribution in [-0.4, -0.2) is 53.1 Å². The molecule has 1 amide bonds. The molecule has 142 valence electrons. The van der Waals surface area contributed by atoms with Crippen LogP contribution in [0.15, 0.2) is 30.3 Å². The van der Waals surface area contributed by atoms with Crippen molar-refractivity contribution in [1.82, 2.24) is 15.1 Å². The lowest BCUT2D eigenvalue weighted by molar-refractivity contribution is -0.181. The Hall–Kier alpha value is -2.22. The van der Waals surface area contributed by atoms with Crippen molar-refractivity contribution in [2.24, 2.45) is 0 Å². The van der Waals surface area contributed by atoms with E-state index in [1.54, 1.807) is 17.0 Å². The van der Waals surface area contributed by atoms with E-state index in [9.17, 15) is 4.79 Å². The number of hydrogen-bond acceptors (Lipinski definition) is 6. The lowest BCUT2D eigenvalue weighted by Gasteiger charge is -2.37. The van der Waals surface area contributed by atoms with Crippen LogP contribution in [0.1, 0.15) is 28.9 Å². The van der Waals surface area contributed by atoms with Crippen molar-refractivity contribution in [2.45, 2.75) is 25.6 Å². The van der Waals surface area contributed by atoms with Gasteiger partial charge in [-0.15, -0.1) is 10.2 Å². The second kappa shape index (κ2) is 7.42. The average molecular weight is 389 g/mol. The summed E-state index contributed by atoms with van der Waals surface area (Å²) in [5.41, 5.74) is 2.15. The summed E-state index contributed by atoms with van der Waals surface area (Å²) in [7, 11) is 0. The fraction of sp³-hybridized carbons (Fsp3) is 0.421. The molecule has 2 aromatic rings. The molecule has 2 aliphatic rings. The van der Waals surface area contributed by atoms with Crippen molar-refractivity contribution in [3.63, 3.8) is 0 Å². The van der Waals surface area contributed by atoms with Crippen molar-refractivity contribution in [3.05, 3.63) is 46.6 Å². The van der Waals surface area contributed by atoms with Gasteiger partial charge in [-0.3, -0.25) is 4.79 Å². The Morgan fingerprint density at radius 2 is 1.89 bits per heavy atom. The Kier molecular flexibility index (Phi) is 4.99. The lowest BCUT2D eigenvalue weighted by atomic mass is 10.0. The van der Waals surface area contributed by atoms with E-state index in [1.165, 1.54) is 0 Å². The first kappa shape index (κ1) is 18.2. The highest BCUT2D eigenvalue weighted by Crippen LogP contribution is 2.31. The van der Waals surface area contributed by atoms with Crippen molar-refractivity contribution in [2.75, 3.05) is 31.6 Å². The van der Waals surface area contributed by atoms with Crippen LogP contribution in [0, 0.1) is 6.92 Å². The first-order chi connectivity index (χ1) is 13.0. The second-order valence-corrected chi connectivity index (χ2v) is 7.20. The van der Waals surface area contributed by atoms with Crippen LogP contribution in [0.25, 0.3) is 0 Å². The van der Waals surface area contributed by atoms with Crippen LogP contribution in [0.5, 0.6) is 0 Å². The molecule has 1 N–H and O–H groups in total. The number of ether oxygens (including phenoxy) is 2. The summed E-state index contributed by atoms with van der Waals surface area (Å²) < 4.78 is 11.4. The van der Waals surface area contributed by atoms with E-state index in [0.29, 0.717) is 55.7 Å². The molecule has 27 heavy (non-hydrogen) atoms. The molecule has 2 fully saturated rings. The number of piperidine rings is 1. The number of likely N-dealkylation sites (tertiary alicyclic amines) is 1. The number of hydrogen-bond donors (Lipinski definition) is 1.